The molecule has 2 aliphatic heterocycles. The minimum absolute atomic E-state index is 0.168. The zero-order valence-corrected chi connectivity index (χ0v) is 9.07. The fraction of sp³-hybridized carbons (Fsp3) is 0.636. The number of aromatic amines is 1. The predicted molar refractivity (Wildman–Crippen MR) is 58.5 cm³/mol. The van der Waals surface area contributed by atoms with Gasteiger partial charge in [-0.25, -0.2) is 0 Å². The molecule has 2 fully saturated rings. The number of carbonyl (C=O) groups excluding carboxylic acids is 1. The number of nitrogens with zero attached hydrogens (tertiary/aromatic N) is 1. The summed E-state index contributed by atoms with van der Waals surface area (Å²) in [5.41, 5.74) is 0.949. The minimum Gasteiger partial charge on any atom is -0.350 e. The van der Waals surface area contributed by atoms with Gasteiger partial charge in [-0.2, -0.15) is 5.10 Å². The molecule has 3 heterocycles. The van der Waals surface area contributed by atoms with Gasteiger partial charge in [-0.1, -0.05) is 0 Å². The fourth-order valence-electron chi connectivity index (χ4n) is 2.81. The predicted octanol–water partition coefficient (Wildman–Crippen LogP) is 0.166. The van der Waals surface area contributed by atoms with E-state index in [9.17, 15) is 4.79 Å². The molecule has 3 unspecified atom stereocenters. The lowest BCUT2D eigenvalue weighted by atomic mass is 9.88. The van der Waals surface area contributed by atoms with Crippen LogP contribution in [0.15, 0.2) is 12.3 Å². The van der Waals surface area contributed by atoms with Crippen LogP contribution in [-0.2, 0) is 11.3 Å². The van der Waals surface area contributed by atoms with Crippen molar-refractivity contribution in [2.24, 2.45) is 5.92 Å². The smallest absolute Gasteiger partial charge is 0.225 e. The lowest BCUT2D eigenvalue weighted by Gasteiger charge is -2.19. The standard InChI is InChI=1S/C11H16N4O/c16-11(12-6-8-3-4-13-15-8)9-5-7-1-2-10(9)14-7/h3-4,7,9-10,14H,1-2,5-6H2,(H,12,16)(H,13,15). The third-order valence-electron chi connectivity index (χ3n) is 3.65. The summed E-state index contributed by atoms with van der Waals surface area (Å²) in [6.07, 6.45) is 5.07. The molecular formula is C11H16N4O. The van der Waals surface area contributed by atoms with Gasteiger partial charge in [0.1, 0.15) is 0 Å². The highest BCUT2D eigenvalue weighted by molar-refractivity contribution is 5.80. The zero-order valence-electron chi connectivity index (χ0n) is 9.07. The molecule has 3 atom stereocenters. The van der Waals surface area contributed by atoms with Gasteiger partial charge in [-0.05, 0) is 25.3 Å². The van der Waals surface area contributed by atoms with Gasteiger partial charge in [0.15, 0.2) is 0 Å². The van der Waals surface area contributed by atoms with Crippen LogP contribution in [0.4, 0.5) is 0 Å². The van der Waals surface area contributed by atoms with Crippen molar-refractivity contribution >= 4 is 5.91 Å². The molecule has 2 saturated heterocycles. The van der Waals surface area contributed by atoms with Crippen LogP contribution in [0.5, 0.6) is 0 Å². The van der Waals surface area contributed by atoms with E-state index in [0.717, 1.165) is 18.5 Å². The van der Waals surface area contributed by atoms with Gasteiger partial charge < -0.3 is 10.6 Å². The number of aromatic nitrogens is 2. The average molecular weight is 220 g/mol. The SMILES string of the molecule is O=C(NCc1ccn[nH]1)C1CC2CCC1N2. The van der Waals surface area contributed by atoms with Crippen LogP contribution < -0.4 is 10.6 Å². The molecule has 0 spiro atoms. The van der Waals surface area contributed by atoms with Crippen molar-refractivity contribution in [1.29, 1.82) is 0 Å². The monoisotopic (exact) mass is 220 g/mol. The maximum Gasteiger partial charge on any atom is 0.225 e. The summed E-state index contributed by atoms with van der Waals surface area (Å²) in [7, 11) is 0. The van der Waals surface area contributed by atoms with Crippen molar-refractivity contribution in [2.75, 3.05) is 0 Å². The Balaban J connectivity index is 1.54. The summed E-state index contributed by atoms with van der Waals surface area (Å²) < 4.78 is 0. The quantitative estimate of drug-likeness (QED) is 0.680. The minimum atomic E-state index is 0.168. The molecule has 2 bridgehead atoms. The second-order valence-electron chi connectivity index (χ2n) is 4.69. The normalized spacial score (nSPS) is 31.9. The molecule has 0 saturated carbocycles. The van der Waals surface area contributed by atoms with E-state index in [-0.39, 0.29) is 11.8 Å². The highest BCUT2D eigenvalue weighted by atomic mass is 16.1. The van der Waals surface area contributed by atoms with E-state index in [4.69, 9.17) is 0 Å². The Bertz CT molecular complexity index is 375. The van der Waals surface area contributed by atoms with E-state index in [1.807, 2.05) is 6.07 Å². The Morgan fingerprint density at radius 1 is 1.56 bits per heavy atom. The van der Waals surface area contributed by atoms with Crippen LogP contribution in [0.25, 0.3) is 0 Å². The molecule has 2 aliphatic rings. The first-order chi connectivity index (χ1) is 7.83. The molecule has 1 aromatic heterocycles. The van der Waals surface area contributed by atoms with Gasteiger partial charge in [-0.15, -0.1) is 0 Å². The first-order valence-electron chi connectivity index (χ1n) is 5.85. The topological polar surface area (TPSA) is 69.8 Å². The highest BCUT2D eigenvalue weighted by Gasteiger charge is 2.42. The Morgan fingerprint density at radius 3 is 3.12 bits per heavy atom. The number of hydrogen-bond donors (Lipinski definition) is 3. The van der Waals surface area contributed by atoms with E-state index in [2.05, 4.69) is 20.8 Å². The third-order valence-corrected chi connectivity index (χ3v) is 3.65. The fourth-order valence-corrected chi connectivity index (χ4v) is 2.81. The average Bonchev–Trinajstić information content (AvgIpc) is 3.01. The van der Waals surface area contributed by atoms with Gasteiger partial charge >= 0.3 is 0 Å². The molecule has 3 rings (SSSR count). The van der Waals surface area contributed by atoms with Gasteiger partial charge in [0.2, 0.25) is 5.91 Å². The molecule has 1 amide bonds. The van der Waals surface area contributed by atoms with Crippen LogP contribution in [0.1, 0.15) is 25.0 Å². The first kappa shape index (κ1) is 9.84. The van der Waals surface area contributed by atoms with Crippen molar-refractivity contribution in [1.82, 2.24) is 20.8 Å². The van der Waals surface area contributed by atoms with Gasteiger partial charge in [-0.3, -0.25) is 9.89 Å². The van der Waals surface area contributed by atoms with Crippen molar-refractivity contribution in [3.63, 3.8) is 0 Å². The van der Waals surface area contributed by atoms with Crippen LogP contribution in [0.3, 0.4) is 0 Å². The molecular weight excluding hydrogens is 204 g/mol. The van der Waals surface area contributed by atoms with Crippen molar-refractivity contribution in [3.05, 3.63) is 18.0 Å². The van der Waals surface area contributed by atoms with E-state index in [1.165, 1.54) is 6.42 Å². The second-order valence-corrected chi connectivity index (χ2v) is 4.69. The zero-order chi connectivity index (χ0) is 11.0. The summed E-state index contributed by atoms with van der Waals surface area (Å²) >= 11 is 0. The molecule has 3 N–H and O–H groups in total. The van der Waals surface area contributed by atoms with Gasteiger partial charge in [0, 0.05) is 18.3 Å². The number of rotatable bonds is 3. The van der Waals surface area contributed by atoms with Crippen LogP contribution in [0, 0.1) is 5.92 Å². The van der Waals surface area contributed by atoms with Crippen molar-refractivity contribution in [2.45, 2.75) is 37.9 Å². The number of carbonyl (C=O) groups is 1. The summed E-state index contributed by atoms with van der Waals surface area (Å²) in [4.78, 5) is 11.9. The molecule has 5 heteroatoms. The molecule has 86 valence electrons. The number of fused-ring (bicyclic) bond motifs is 2. The van der Waals surface area contributed by atoms with E-state index < -0.39 is 0 Å². The Morgan fingerprint density at radius 2 is 2.50 bits per heavy atom. The number of nitrogens with one attached hydrogen (secondary N) is 3. The maximum absolute atomic E-state index is 11.9. The van der Waals surface area contributed by atoms with Gasteiger partial charge in [0.05, 0.1) is 18.2 Å². The summed E-state index contributed by atoms with van der Waals surface area (Å²) in [6, 6.07) is 2.86. The third kappa shape index (κ3) is 1.71. The summed E-state index contributed by atoms with van der Waals surface area (Å²) in [5.74, 6) is 0.343. The molecule has 0 aromatic carbocycles. The highest BCUT2D eigenvalue weighted by Crippen LogP contribution is 2.33. The second kappa shape index (κ2) is 3.90. The van der Waals surface area contributed by atoms with Crippen molar-refractivity contribution < 1.29 is 4.79 Å². The lowest BCUT2D eigenvalue weighted by molar-refractivity contribution is -0.125. The summed E-state index contributed by atoms with van der Waals surface area (Å²) in [6.45, 7) is 0.548. The van der Waals surface area contributed by atoms with Crippen molar-refractivity contribution in [3.8, 4) is 0 Å². The van der Waals surface area contributed by atoms with E-state index >= 15 is 0 Å². The summed E-state index contributed by atoms with van der Waals surface area (Å²) in [5, 5.41) is 13.1. The number of hydrogen-bond acceptors (Lipinski definition) is 3. The molecule has 16 heavy (non-hydrogen) atoms. The maximum atomic E-state index is 11.9. The number of H-pyrrole nitrogens is 1. The first-order valence-corrected chi connectivity index (χ1v) is 5.85. The Hall–Kier alpha value is -1.36. The Kier molecular flexibility index (Phi) is 2.40. The van der Waals surface area contributed by atoms with Crippen LogP contribution >= 0.6 is 0 Å². The van der Waals surface area contributed by atoms with Crippen LogP contribution in [0.2, 0.25) is 0 Å². The largest absolute Gasteiger partial charge is 0.350 e. The number of amides is 1. The lowest BCUT2D eigenvalue weighted by Crippen LogP contribution is -2.37. The van der Waals surface area contributed by atoms with E-state index in [0.29, 0.717) is 18.6 Å². The van der Waals surface area contributed by atoms with Gasteiger partial charge in [0.25, 0.3) is 0 Å². The molecule has 0 radical (unpaired) electrons. The molecule has 1 aromatic rings. The van der Waals surface area contributed by atoms with E-state index in [1.54, 1.807) is 6.20 Å². The molecule has 5 nitrogen and oxygen atoms in total. The van der Waals surface area contributed by atoms with Crippen LogP contribution in [-0.4, -0.2) is 28.2 Å². The Labute approximate surface area is 94.0 Å². The molecule has 0 aliphatic carbocycles.